The zero-order valence-electron chi connectivity index (χ0n) is 7.28. The quantitative estimate of drug-likeness (QED) is 0.747. The van der Waals surface area contributed by atoms with Crippen LogP contribution in [0.25, 0.3) is 10.9 Å². The molecule has 1 unspecified atom stereocenters. The third-order valence-corrected chi connectivity index (χ3v) is 3.24. The van der Waals surface area contributed by atoms with Crippen LogP contribution in [0.4, 0.5) is 0 Å². The van der Waals surface area contributed by atoms with Crippen LogP contribution in [-0.4, -0.2) is 14.1 Å². The molecular formula is C8H7ClN2O2S. The minimum Gasteiger partial charge on any atom is -0.594 e. The van der Waals surface area contributed by atoms with Crippen molar-refractivity contribution in [1.82, 2.24) is 9.55 Å². The number of pyridine rings is 1. The van der Waals surface area contributed by atoms with Gasteiger partial charge in [0.25, 0.3) is 5.56 Å². The Morgan fingerprint density at radius 3 is 3.00 bits per heavy atom. The fraction of sp³-hybridized carbons (Fsp3) is 0.125. The highest BCUT2D eigenvalue weighted by atomic mass is 35.7. The number of nitrogens with zero attached hydrogens (tertiary/aromatic N) is 1. The summed E-state index contributed by atoms with van der Waals surface area (Å²) in [7, 11) is 5.52. The molecule has 2 aromatic rings. The Bertz CT molecular complexity index is 532. The number of rotatable bonds is 1. The van der Waals surface area contributed by atoms with E-state index in [1.54, 1.807) is 19.3 Å². The largest absolute Gasteiger partial charge is 0.594 e. The van der Waals surface area contributed by atoms with Crippen LogP contribution in [0.1, 0.15) is 0 Å². The lowest BCUT2D eigenvalue weighted by molar-refractivity contribution is 0.609. The Balaban J connectivity index is 2.84. The summed E-state index contributed by atoms with van der Waals surface area (Å²) < 4.78 is 12.5. The van der Waals surface area contributed by atoms with Gasteiger partial charge in [-0.2, -0.15) is 0 Å². The number of hydrogen-bond donors (Lipinski definition) is 1. The molecule has 0 saturated heterocycles. The summed E-state index contributed by atoms with van der Waals surface area (Å²) >= 11 is 0. The van der Waals surface area contributed by atoms with Gasteiger partial charge in [0.2, 0.25) is 0 Å². The van der Waals surface area contributed by atoms with Crippen molar-refractivity contribution in [1.29, 1.82) is 0 Å². The number of hydrogen-bond acceptors (Lipinski definition) is 2. The maximum atomic E-state index is 11.6. The molecule has 0 bridgehead atoms. The first kappa shape index (κ1) is 9.64. The van der Waals surface area contributed by atoms with E-state index in [1.165, 1.54) is 10.8 Å². The minimum absolute atomic E-state index is 0.157. The maximum absolute atomic E-state index is 11.6. The Morgan fingerprint density at radius 2 is 2.36 bits per heavy atom. The predicted molar refractivity (Wildman–Crippen MR) is 55.8 cm³/mol. The van der Waals surface area contributed by atoms with Crippen molar-refractivity contribution in [3.63, 3.8) is 0 Å². The highest BCUT2D eigenvalue weighted by Gasteiger charge is 2.16. The van der Waals surface area contributed by atoms with Crippen molar-refractivity contribution in [2.24, 2.45) is 7.05 Å². The number of nitrogens with one attached hydrogen (secondary N) is 1. The first-order valence-electron chi connectivity index (χ1n) is 3.86. The van der Waals surface area contributed by atoms with E-state index in [0.717, 1.165) is 0 Å². The average molecular weight is 231 g/mol. The van der Waals surface area contributed by atoms with Gasteiger partial charge in [-0.25, -0.2) is 0 Å². The molecule has 0 spiro atoms. The number of fused-ring (bicyclic) bond motifs is 1. The fourth-order valence-corrected chi connectivity index (χ4v) is 2.20. The van der Waals surface area contributed by atoms with Gasteiger partial charge in [0.05, 0.1) is 11.6 Å². The lowest BCUT2D eigenvalue weighted by atomic mass is 10.3. The minimum atomic E-state index is -1.59. The number of aryl methyl sites for hydroxylation is 1. The summed E-state index contributed by atoms with van der Waals surface area (Å²) in [6, 6.07) is 1.71. The molecule has 0 aromatic carbocycles. The topological polar surface area (TPSA) is 60.9 Å². The van der Waals surface area contributed by atoms with Gasteiger partial charge in [0.15, 0.2) is 15.6 Å². The third-order valence-electron chi connectivity index (χ3n) is 2.05. The van der Waals surface area contributed by atoms with Crippen molar-refractivity contribution < 1.29 is 4.55 Å². The van der Waals surface area contributed by atoms with Crippen LogP contribution in [0.5, 0.6) is 0 Å². The molecule has 4 nitrogen and oxygen atoms in total. The van der Waals surface area contributed by atoms with Crippen LogP contribution in [-0.2, 0) is 17.4 Å². The molecule has 0 aliphatic heterocycles. The van der Waals surface area contributed by atoms with Crippen LogP contribution in [0.3, 0.4) is 0 Å². The summed E-state index contributed by atoms with van der Waals surface area (Å²) in [6.07, 6.45) is 3.11. The molecule has 0 aliphatic carbocycles. The first-order chi connectivity index (χ1) is 6.61. The molecule has 0 radical (unpaired) electrons. The summed E-state index contributed by atoms with van der Waals surface area (Å²) in [6.45, 7) is 0. The van der Waals surface area contributed by atoms with E-state index in [0.29, 0.717) is 15.8 Å². The molecule has 2 heterocycles. The number of H-pyrrole nitrogens is 1. The SMILES string of the molecule is Cn1ccc2c([S+]([O-])Cl)c[nH]c2c1=O. The van der Waals surface area contributed by atoms with E-state index in [9.17, 15) is 9.35 Å². The second-order valence-electron chi connectivity index (χ2n) is 2.90. The molecule has 2 aromatic heterocycles. The summed E-state index contributed by atoms with van der Waals surface area (Å²) in [5.41, 5.74) is 0.273. The summed E-state index contributed by atoms with van der Waals surface area (Å²) in [5.74, 6) is 0. The Hall–Kier alpha value is -0.910. The van der Waals surface area contributed by atoms with Gasteiger partial charge in [0, 0.05) is 13.2 Å². The van der Waals surface area contributed by atoms with Crippen molar-refractivity contribution in [2.75, 3.05) is 0 Å². The van der Waals surface area contributed by atoms with E-state index in [2.05, 4.69) is 4.98 Å². The van der Waals surface area contributed by atoms with Crippen LogP contribution in [0.15, 0.2) is 28.2 Å². The molecule has 0 saturated carbocycles. The average Bonchev–Trinajstić information content (AvgIpc) is 2.55. The number of halogens is 1. The molecule has 2 rings (SSSR count). The van der Waals surface area contributed by atoms with Crippen LogP contribution in [0, 0.1) is 0 Å². The van der Waals surface area contributed by atoms with Crippen molar-refractivity contribution >= 4 is 32.0 Å². The summed E-state index contributed by atoms with van der Waals surface area (Å²) in [4.78, 5) is 14.8. The third kappa shape index (κ3) is 1.33. The van der Waals surface area contributed by atoms with Gasteiger partial charge in [-0.15, -0.1) is 0 Å². The second-order valence-corrected chi connectivity index (χ2v) is 4.62. The van der Waals surface area contributed by atoms with Gasteiger partial charge in [0.1, 0.15) is 15.9 Å². The maximum Gasteiger partial charge on any atom is 0.274 e. The Morgan fingerprint density at radius 1 is 1.64 bits per heavy atom. The lowest BCUT2D eigenvalue weighted by Crippen LogP contribution is -2.15. The van der Waals surface area contributed by atoms with E-state index >= 15 is 0 Å². The second kappa shape index (κ2) is 3.34. The van der Waals surface area contributed by atoms with Gasteiger partial charge < -0.3 is 14.1 Å². The van der Waals surface area contributed by atoms with Gasteiger partial charge in [-0.05, 0) is 6.07 Å². The smallest absolute Gasteiger partial charge is 0.274 e. The number of aromatic amines is 1. The summed E-state index contributed by atoms with van der Waals surface area (Å²) in [5, 5.41) is 0.612. The zero-order valence-corrected chi connectivity index (χ0v) is 8.85. The van der Waals surface area contributed by atoms with Crippen molar-refractivity contribution in [3.05, 3.63) is 28.8 Å². The van der Waals surface area contributed by atoms with E-state index < -0.39 is 10.4 Å². The van der Waals surface area contributed by atoms with Gasteiger partial charge >= 0.3 is 0 Å². The highest BCUT2D eigenvalue weighted by Crippen LogP contribution is 2.22. The normalized spacial score (nSPS) is 13.4. The lowest BCUT2D eigenvalue weighted by Gasteiger charge is -1.98. The zero-order chi connectivity index (χ0) is 10.3. The van der Waals surface area contributed by atoms with E-state index in [-0.39, 0.29) is 5.56 Å². The Kier molecular flexibility index (Phi) is 2.30. The molecule has 14 heavy (non-hydrogen) atoms. The molecule has 0 aliphatic rings. The van der Waals surface area contributed by atoms with Crippen LogP contribution >= 0.6 is 10.7 Å². The van der Waals surface area contributed by atoms with Crippen molar-refractivity contribution in [2.45, 2.75) is 4.90 Å². The molecular weight excluding hydrogens is 224 g/mol. The first-order valence-corrected chi connectivity index (χ1v) is 5.83. The Labute approximate surface area is 87.2 Å². The molecule has 1 atom stereocenters. The van der Waals surface area contributed by atoms with E-state index in [1.807, 2.05) is 0 Å². The number of aromatic nitrogens is 2. The molecule has 1 N–H and O–H groups in total. The van der Waals surface area contributed by atoms with Gasteiger partial charge in [-0.3, -0.25) is 4.79 Å². The monoisotopic (exact) mass is 230 g/mol. The highest BCUT2D eigenvalue weighted by molar-refractivity contribution is 8.14. The van der Waals surface area contributed by atoms with Gasteiger partial charge in [-0.1, -0.05) is 0 Å². The molecule has 74 valence electrons. The van der Waals surface area contributed by atoms with Crippen molar-refractivity contribution in [3.8, 4) is 0 Å². The fourth-order valence-electron chi connectivity index (χ4n) is 1.32. The molecule has 0 fully saturated rings. The van der Waals surface area contributed by atoms with E-state index in [4.69, 9.17) is 10.7 Å². The van der Waals surface area contributed by atoms with Crippen LogP contribution in [0.2, 0.25) is 0 Å². The van der Waals surface area contributed by atoms with Crippen LogP contribution < -0.4 is 5.56 Å². The standard InChI is InChI=1S/C8H7ClN2O2S/c1-11-3-2-5-6(14(9)13)4-10-7(5)8(11)12/h2-4,10H,1H3. The molecule has 0 amide bonds. The predicted octanol–water partition coefficient (Wildman–Crippen LogP) is 1.13. The molecule has 6 heteroatoms.